The summed E-state index contributed by atoms with van der Waals surface area (Å²) in [5.41, 5.74) is 4.32. The maximum absolute atomic E-state index is 12.1. The van der Waals surface area contributed by atoms with Crippen molar-refractivity contribution < 1.29 is 9.53 Å². The van der Waals surface area contributed by atoms with Crippen LogP contribution in [-0.2, 0) is 0 Å². The average Bonchev–Trinajstić information content (AvgIpc) is 2.67. The molecule has 0 heterocycles. The molecule has 0 aromatic heterocycles. The Bertz CT molecular complexity index is 822. The Hall–Kier alpha value is -2.87. The van der Waals surface area contributed by atoms with Gasteiger partial charge >= 0.3 is 0 Å². The molecule has 0 saturated carbocycles. The van der Waals surface area contributed by atoms with Crippen molar-refractivity contribution in [3.63, 3.8) is 0 Å². The molecule has 2 nitrogen and oxygen atoms in total. The lowest BCUT2D eigenvalue weighted by Crippen LogP contribution is -1.95. The SMILES string of the molecule is CC(C)=CCC/C(C)=C/COc1cccc(/C=C/C(=O)c2ccccc2)c1. The van der Waals surface area contributed by atoms with E-state index in [0.29, 0.717) is 12.2 Å². The first-order valence-corrected chi connectivity index (χ1v) is 9.34. The number of allylic oxidation sites excluding steroid dienone is 4. The zero-order valence-electron chi connectivity index (χ0n) is 16.4. The summed E-state index contributed by atoms with van der Waals surface area (Å²) in [6.07, 6.45) is 9.93. The Morgan fingerprint density at radius 3 is 2.48 bits per heavy atom. The minimum Gasteiger partial charge on any atom is -0.490 e. The van der Waals surface area contributed by atoms with Crippen LogP contribution in [0.25, 0.3) is 6.08 Å². The molecule has 0 unspecified atom stereocenters. The molecule has 0 aliphatic rings. The molecule has 0 atom stereocenters. The number of ether oxygens (including phenoxy) is 1. The van der Waals surface area contributed by atoms with E-state index in [1.165, 1.54) is 11.1 Å². The minimum absolute atomic E-state index is 0.00292. The van der Waals surface area contributed by atoms with Crippen molar-refractivity contribution in [3.8, 4) is 5.75 Å². The van der Waals surface area contributed by atoms with Gasteiger partial charge < -0.3 is 4.74 Å². The van der Waals surface area contributed by atoms with Crippen LogP contribution in [0.1, 0.15) is 49.5 Å². The molecule has 0 radical (unpaired) electrons. The van der Waals surface area contributed by atoms with E-state index >= 15 is 0 Å². The van der Waals surface area contributed by atoms with Crippen LogP contribution in [0.15, 0.2) is 84.0 Å². The molecule has 2 aromatic rings. The first-order valence-electron chi connectivity index (χ1n) is 9.34. The summed E-state index contributed by atoms with van der Waals surface area (Å²) >= 11 is 0. The van der Waals surface area contributed by atoms with Crippen molar-refractivity contribution in [3.05, 3.63) is 95.1 Å². The second kappa shape index (κ2) is 11.0. The maximum Gasteiger partial charge on any atom is 0.185 e. The Kier molecular flexibility index (Phi) is 8.31. The molecular weight excluding hydrogens is 332 g/mol. The smallest absolute Gasteiger partial charge is 0.185 e. The molecule has 0 fully saturated rings. The van der Waals surface area contributed by atoms with Crippen LogP contribution in [-0.4, -0.2) is 12.4 Å². The third kappa shape index (κ3) is 7.91. The lowest BCUT2D eigenvalue weighted by Gasteiger charge is -2.05. The van der Waals surface area contributed by atoms with Crippen molar-refractivity contribution in [2.45, 2.75) is 33.6 Å². The van der Waals surface area contributed by atoms with Gasteiger partial charge in [0.05, 0.1) is 0 Å². The minimum atomic E-state index is -0.00292. The van der Waals surface area contributed by atoms with E-state index in [9.17, 15) is 4.79 Å². The third-order valence-corrected chi connectivity index (χ3v) is 4.12. The number of carbonyl (C=O) groups is 1. The van der Waals surface area contributed by atoms with Gasteiger partial charge in [-0.15, -0.1) is 0 Å². The Labute approximate surface area is 162 Å². The van der Waals surface area contributed by atoms with Gasteiger partial charge in [-0.2, -0.15) is 0 Å². The van der Waals surface area contributed by atoms with Gasteiger partial charge in [0.25, 0.3) is 0 Å². The van der Waals surface area contributed by atoms with Gasteiger partial charge in [0.15, 0.2) is 5.78 Å². The molecule has 2 rings (SSSR count). The predicted molar refractivity (Wildman–Crippen MR) is 114 cm³/mol. The lowest BCUT2D eigenvalue weighted by molar-refractivity contribution is 0.104. The van der Waals surface area contributed by atoms with E-state index in [1.807, 2.05) is 60.7 Å². The largest absolute Gasteiger partial charge is 0.490 e. The topological polar surface area (TPSA) is 26.3 Å². The van der Waals surface area contributed by atoms with Gasteiger partial charge in [-0.05, 0) is 63.5 Å². The van der Waals surface area contributed by atoms with E-state index in [4.69, 9.17) is 4.74 Å². The lowest BCUT2D eigenvalue weighted by atomic mass is 10.1. The highest BCUT2D eigenvalue weighted by atomic mass is 16.5. The van der Waals surface area contributed by atoms with Crippen LogP contribution in [0, 0.1) is 0 Å². The molecule has 0 aliphatic carbocycles. The summed E-state index contributed by atoms with van der Waals surface area (Å²) in [5, 5.41) is 0. The zero-order chi connectivity index (χ0) is 19.5. The summed E-state index contributed by atoms with van der Waals surface area (Å²) in [4.78, 5) is 12.1. The van der Waals surface area contributed by atoms with Gasteiger partial charge in [0.1, 0.15) is 12.4 Å². The van der Waals surface area contributed by atoms with Crippen molar-refractivity contribution in [1.29, 1.82) is 0 Å². The summed E-state index contributed by atoms with van der Waals surface area (Å²) in [5.74, 6) is 0.800. The van der Waals surface area contributed by atoms with E-state index in [1.54, 1.807) is 6.08 Å². The number of ketones is 1. The van der Waals surface area contributed by atoms with E-state index in [2.05, 4.69) is 32.9 Å². The highest BCUT2D eigenvalue weighted by Gasteiger charge is 2.00. The molecule has 2 aromatic carbocycles. The Morgan fingerprint density at radius 2 is 1.74 bits per heavy atom. The van der Waals surface area contributed by atoms with Crippen LogP contribution in [0.3, 0.4) is 0 Å². The third-order valence-electron chi connectivity index (χ3n) is 4.12. The molecule has 0 N–H and O–H groups in total. The molecule has 140 valence electrons. The number of benzene rings is 2. The fourth-order valence-corrected chi connectivity index (χ4v) is 2.55. The summed E-state index contributed by atoms with van der Waals surface area (Å²) in [6, 6.07) is 17.0. The van der Waals surface area contributed by atoms with Gasteiger partial charge in [-0.25, -0.2) is 0 Å². The van der Waals surface area contributed by atoms with Crippen LogP contribution in [0.5, 0.6) is 5.75 Å². The van der Waals surface area contributed by atoms with Gasteiger partial charge in [0.2, 0.25) is 0 Å². The van der Waals surface area contributed by atoms with Gasteiger partial charge in [-0.1, -0.05) is 65.8 Å². The second-order valence-electron chi connectivity index (χ2n) is 6.82. The molecule has 2 heteroatoms. The van der Waals surface area contributed by atoms with E-state index in [-0.39, 0.29) is 5.78 Å². The summed E-state index contributed by atoms with van der Waals surface area (Å²) < 4.78 is 5.83. The molecule has 0 aliphatic heterocycles. The summed E-state index contributed by atoms with van der Waals surface area (Å²) in [6.45, 7) is 6.93. The second-order valence-corrected chi connectivity index (χ2v) is 6.82. The Morgan fingerprint density at radius 1 is 0.963 bits per heavy atom. The van der Waals surface area contributed by atoms with Crippen LogP contribution in [0.2, 0.25) is 0 Å². The molecule has 27 heavy (non-hydrogen) atoms. The summed E-state index contributed by atoms with van der Waals surface area (Å²) in [7, 11) is 0. The quantitative estimate of drug-likeness (QED) is 0.284. The van der Waals surface area contributed by atoms with Gasteiger partial charge in [-0.3, -0.25) is 4.79 Å². The molecule has 0 spiro atoms. The van der Waals surface area contributed by atoms with Crippen LogP contribution < -0.4 is 4.74 Å². The maximum atomic E-state index is 12.1. The average molecular weight is 360 g/mol. The Balaban J connectivity index is 1.88. The fraction of sp³-hybridized carbons (Fsp3) is 0.240. The number of carbonyl (C=O) groups excluding carboxylic acids is 1. The highest BCUT2D eigenvalue weighted by molar-refractivity contribution is 6.06. The van der Waals surface area contributed by atoms with Crippen molar-refractivity contribution in [2.24, 2.45) is 0 Å². The monoisotopic (exact) mass is 360 g/mol. The first-order chi connectivity index (χ1) is 13.0. The number of hydrogen-bond donors (Lipinski definition) is 0. The van der Waals surface area contributed by atoms with Crippen molar-refractivity contribution in [2.75, 3.05) is 6.61 Å². The predicted octanol–water partition coefficient (Wildman–Crippen LogP) is 6.65. The normalized spacial score (nSPS) is 11.4. The zero-order valence-corrected chi connectivity index (χ0v) is 16.4. The van der Waals surface area contributed by atoms with Crippen LogP contribution in [0.4, 0.5) is 0 Å². The van der Waals surface area contributed by atoms with Gasteiger partial charge in [0, 0.05) is 5.56 Å². The highest BCUT2D eigenvalue weighted by Crippen LogP contribution is 2.16. The van der Waals surface area contributed by atoms with E-state index < -0.39 is 0 Å². The standard InChI is InChI=1S/C25H28O2/c1-20(2)9-7-10-21(3)17-18-27-24-14-8-11-22(19-24)15-16-25(26)23-12-5-4-6-13-23/h4-6,8-9,11-17,19H,7,10,18H2,1-3H3/b16-15+,21-17+. The number of hydrogen-bond acceptors (Lipinski definition) is 2. The molecular formula is C25H28O2. The molecule has 0 bridgehead atoms. The fourth-order valence-electron chi connectivity index (χ4n) is 2.55. The van der Waals surface area contributed by atoms with Crippen molar-refractivity contribution >= 4 is 11.9 Å². The number of rotatable bonds is 9. The van der Waals surface area contributed by atoms with Crippen molar-refractivity contribution in [1.82, 2.24) is 0 Å². The van der Waals surface area contributed by atoms with E-state index in [0.717, 1.165) is 24.2 Å². The molecule has 0 amide bonds. The first kappa shape index (κ1) is 20.4. The van der Waals surface area contributed by atoms with Crippen LogP contribution >= 0.6 is 0 Å². The molecule has 0 saturated heterocycles.